The molecule has 9 heteroatoms. The van der Waals surface area contributed by atoms with Gasteiger partial charge in [0.1, 0.15) is 17.3 Å². The summed E-state index contributed by atoms with van der Waals surface area (Å²) in [6.45, 7) is 6.18. The van der Waals surface area contributed by atoms with E-state index in [1.807, 2.05) is 12.1 Å². The normalized spacial score (nSPS) is 14.4. The second kappa shape index (κ2) is 9.47. The van der Waals surface area contributed by atoms with Gasteiger partial charge in [0.25, 0.3) is 0 Å². The average Bonchev–Trinajstić information content (AvgIpc) is 2.71. The van der Waals surface area contributed by atoms with E-state index < -0.39 is 39.0 Å². The van der Waals surface area contributed by atoms with Crippen LogP contribution in [0.2, 0.25) is 0 Å². The van der Waals surface area contributed by atoms with Crippen molar-refractivity contribution in [3.05, 3.63) is 59.4 Å². The molecule has 1 aliphatic rings. The number of amides is 2. The minimum absolute atomic E-state index is 0.287. The van der Waals surface area contributed by atoms with Gasteiger partial charge in [0.2, 0.25) is 11.8 Å². The van der Waals surface area contributed by atoms with Gasteiger partial charge in [-0.2, -0.15) is 0 Å². The van der Waals surface area contributed by atoms with E-state index in [1.165, 1.54) is 28.2 Å². The van der Waals surface area contributed by atoms with Gasteiger partial charge >= 0.3 is 0 Å². The number of carbonyl (C=O) groups is 2. The van der Waals surface area contributed by atoms with E-state index in [2.05, 4.69) is 30.1 Å². The van der Waals surface area contributed by atoms with Crippen molar-refractivity contribution < 1.29 is 22.4 Å². The Morgan fingerprint density at radius 3 is 2.26 bits per heavy atom. The molecule has 1 saturated heterocycles. The van der Waals surface area contributed by atoms with Crippen LogP contribution in [0.15, 0.2) is 42.5 Å². The number of halogens is 1. The number of hydrogen-bond acceptors (Lipinski definition) is 5. The van der Waals surface area contributed by atoms with E-state index >= 15 is 0 Å². The average molecular weight is 448 g/mol. The highest BCUT2D eigenvalue weighted by atomic mass is 32.2. The number of hydrogen-bond donors (Lipinski definition) is 1. The highest BCUT2D eigenvalue weighted by molar-refractivity contribution is 7.92. The third-order valence-electron chi connectivity index (χ3n) is 5.37. The third-order valence-corrected chi connectivity index (χ3v) is 6.76. The molecule has 2 aromatic rings. The van der Waals surface area contributed by atoms with Crippen molar-refractivity contribution in [2.75, 3.05) is 47.9 Å². The summed E-state index contributed by atoms with van der Waals surface area (Å²) in [7, 11) is -3.93. The molecule has 2 aromatic carbocycles. The van der Waals surface area contributed by atoms with Crippen molar-refractivity contribution in [1.82, 2.24) is 4.90 Å². The molecule has 31 heavy (non-hydrogen) atoms. The fraction of sp³-hybridized carbons (Fsp3) is 0.364. The van der Waals surface area contributed by atoms with Gasteiger partial charge in [-0.3, -0.25) is 9.59 Å². The molecule has 0 aliphatic carbocycles. The third kappa shape index (κ3) is 6.04. The van der Waals surface area contributed by atoms with Crippen LogP contribution in [0, 0.1) is 19.7 Å². The Balaban J connectivity index is 1.52. The highest BCUT2D eigenvalue weighted by Crippen LogP contribution is 2.24. The van der Waals surface area contributed by atoms with Gasteiger partial charge in [0.15, 0.2) is 9.84 Å². The van der Waals surface area contributed by atoms with Crippen molar-refractivity contribution in [1.29, 1.82) is 0 Å². The molecule has 2 amide bonds. The molecule has 0 aromatic heterocycles. The maximum absolute atomic E-state index is 12.9. The second-order valence-corrected chi connectivity index (χ2v) is 9.74. The zero-order valence-electron chi connectivity index (χ0n) is 17.6. The smallest absolute Gasteiger partial charge is 0.239 e. The molecular weight excluding hydrogens is 421 g/mol. The molecule has 0 spiro atoms. The largest absolute Gasteiger partial charge is 0.368 e. The van der Waals surface area contributed by atoms with E-state index in [4.69, 9.17) is 0 Å². The van der Waals surface area contributed by atoms with Crippen LogP contribution in [0.25, 0.3) is 0 Å². The maximum atomic E-state index is 12.9. The van der Waals surface area contributed by atoms with Crippen LogP contribution in [0.1, 0.15) is 11.1 Å². The summed E-state index contributed by atoms with van der Waals surface area (Å²) in [5.41, 5.74) is 3.80. The van der Waals surface area contributed by atoms with Crippen LogP contribution < -0.4 is 10.2 Å². The lowest BCUT2D eigenvalue weighted by Crippen LogP contribution is -2.50. The molecule has 1 fully saturated rings. The fourth-order valence-corrected chi connectivity index (χ4v) is 4.67. The molecule has 1 aliphatic heterocycles. The van der Waals surface area contributed by atoms with Crippen molar-refractivity contribution in [3.8, 4) is 0 Å². The first-order chi connectivity index (χ1) is 14.6. The number of benzene rings is 2. The van der Waals surface area contributed by atoms with E-state index in [0.717, 1.165) is 17.8 Å². The molecule has 1 N–H and O–H groups in total. The quantitative estimate of drug-likeness (QED) is 0.733. The molecule has 166 valence electrons. The first-order valence-electron chi connectivity index (χ1n) is 9.99. The molecule has 7 nitrogen and oxygen atoms in total. The Hall–Kier alpha value is -2.94. The van der Waals surface area contributed by atoms with Crippen molar-refractivity contribution in [3.63, 3.8) is 0 Å². The molecule has 0 radical (unpaired) electrons. The number of aryl methyl sites for hydroxylation is 1. The van der Waals surface area contributed by atoms with E-state index in [9.17, 15) is 22.4 Å². The predicted molar refractivity (Wildman–Crippen MR) is 118 cm³/mol. The minimum atomic E-state index is -3.93. The number of rotatable bonds is 6. The van der Waals surface area contributed by atoms with Crippen LogP contribution >= 0.6 is 0 Å². The summed E-state index contributed by atoms with van der Waals surface area (Å²) >= 11 is 0. The summed E-state index contributed by atoms with van der Waals surface area (Å²) in [6.07, 6.45) is 0. The van der Waals surface area contributed by atoms with Gasteiger partial charge in [0.05, 0.1) is 0 Å². The molecule has 1 heterocycles. The summed E-state index contributed by atoms with van der Waals surface area (Å²) in [4.78, 5) is 28.2. The lowest BCUT2D eigenvalue weighted by atomic mass is 10.1. The zero-order valence-corrected chi connectivity index (χ0v) is 18.4. The van der Waals surface area contributed by atoms with Crippen LogP contribution in [-0.4, -0.2) is 62.8 Å². The summed E-state index contributed by atoms with van der Waals surface area (Å²) < 4.78 is 37.6. The second-order valence-electron chi connectivity index (χ2n) is 7.67. The highest BCUT2D eigenvalue weighted by Gasteiger charge is 2.27. The zero-order chi connectivity index (χ0) is 22.6. The topological polar surface area (TPSA) is 86.8 Å². The van der Waals surface area contributed by atoms with Crippen molar-refractivity contribution >= 4 is 33.0 Å². The van der Waals surface area contributed by atoms with E-state index in [1.54, 1.807) is 0 Å². The fourth-order valence-electron chi connectivity index (χ4n) is 3.54. The van der Waals surface area contributed by atoms with Gasteiger partial charge in [-0.25, -0.2) is 12.8 Å². The summed E-state index contributed by atoms with van der Waals surface area (Å²) in [5.74, 6) is -3.26. The molecule has 0 saturated carbocycles. The van der Waals surface area contributed by atoms with Crippen LogP contribution in [0.3, 0.4) is 0 Å². The van der Waals surface area contributed by atoms with E-state index in [-0.39, 0.29) is 5.69 Å². The number of anilines is 2. The number of sulfone groups is 1. The standard InChI is InChI=1S/C22H26FN3O4S/c1-16-4-3-5-20(17(16)2)25-10-12-26(13-11-25)22(28)15-31(29,30)14-21(27)24-19-8-6-18(23)7-9-19/h3-9H,10-15H2,1-2H3,(H,24,27). The maximum Gasteiger partial charge on any atom is 0.239 e. The summed E-state index contributed by atoms with van der Waals surface area (Å²) in [5, 5.41) is 2.40. The monoisotopic (exact) mass is 447 g/mol. The lowest BCUT2D eigenvalue weighted by molar-refractivity contribution is -0.128. The Morgan fingerprint density at radius 1 is 0.968 bits per heavy atom. The van der Waals surface area contributed by atoms with Gasteiger partial charge in [0, 0.05) is 37.6 Å². The SMILES string of the molecule is Cc1cccc(N2CCN(C(=O)CS(=O)(=O)CC(=O)Nc3ccc(F)cc3)CC2)c1C. The number of piperazine rings is 1. The van der Waals surface area contributed by atoms with Crippen molar-refractivity contribution in [2.45, 2.75) is 13.8 Å². The van der Waals surface area contributed by atoms with Gasteiger partial charge in [-0.1, -0.05) is 12.1 Å². The van der Waals surface area contributed by atoms with Gasteiger partial charge in [-0.15, -0.1) is 0 Å². The first-order valence-corrected chi connectivity index (χ1v) is 11.8. The Labute approximate surface area is 181 Å². The first kappa shape index (κ1) is 22.7. The van der Waals surface area contributed by atoms with Crippen LogP contribution in [0.5, 0.6) is 0 Å². The summed E-state index contributed by atoms with van der Waals surface area (Å²) in [6, 6.07) is 11.1. The molecule has 3 rings (SSSR count). The van der Waals surface area contributed by atoms with Gasteiger partial charge < -0.3 is 15.1 Å². The molecule has 0 unspecified atom stereocenters. The van der Waals surface area contributed by atoms with Crippen LogP contribution in [0.4, 0.5) is 15.8 Å². The van der Waals surface area contributed by atoms with Crippen molar-refractivity contribution in [2.24, 2.45) is 0 Å². The Morgan fingerprint density at radius 2 is 1.61 bits per heavy atom. The molecular formula is C22H26FN3O4S. The molecule has 0 atom stereocenters. The number of nitrogens with one attached hydrogen (secondary N) is 1. The number of nitrogens with zero attached hydrogens (tertiary/aromatic N) is 2. The number of carbonyl (C=O) groups excluding carboxylic acids is 2. The van der Waals surface area contributed by atoms with Gasteiger partial charge in [-0.05, 0) is 55.3 Å². The molecule has 0 bridgehead atoms. The predicted octanol–water partition coefficient (Wildman–Crippen LogP) is 2.14. The Bertz CT molecular complexity index is 1060. The minimum Gasteiger partial charge on any atom is -0.368 e. The Kier molecular flexibility index (Phi) is 6.94. The van der Waals surface area contributed by atoms with E-state index in [0.29, 0.717) is 26.2 Å². The van der Waals surface area contributed by atoms with Crippen LogP contribution in [-0.2, 0) is 19.4 Å². The lowest BCUT2D eigenvalue weighted by Gasteiger charge is -2.37.